The van der Waals surface area contributed by atoms with E-state index in [1.165, 1.54) is 6.07 Å². The van der Waals surface area contributed by atoms with Crippen LogP contribution < -0.4 is 15.8 Å². The van der Waals surface area contributed by atoms with Gasteiger partial charge in [0.1, 0.15) is 12.4 Å². The summed E-state index contributed by atoms with van der Waals surface area (Å²) in [6.45, 7) is 1.65. The lowest BCUT2D eigenvalue weighted by molar-refractivity contribution is -0.124. The Hall–Kier alpha value is -1.73. The topological polar surface area (TPSA) is 73.6 Å². The van der Waals surface area contributed by atoms with Crippen LogP contribution in [0.15, 0.2) is 18.2 Å². The summed E-state index contributed by atoms with van der Waals surface area (Å²) in [4.78, 5) is 11.9. The number of halogens is 2. The molecule has 3 N–H and O–H groups in total. The third kappa shape index (κ3) is 4.64. The Balaban J connectivity index is 1.69. The summed E-state index contributed by atoms with van der Waals surface area (Å²) < 4.78 is 36.2. The van der Waals surface area contributed by atoms with Gasteiger partial charge in [-0.05, 0) is 30.9 Å². The van der Waals surface area contributed by atoms with Crippen molar-refractivity contribution in [1.29, 1.82) is 0 Å². The molecule has 122 valence electrons. The van der Waals surface area contributed by atoms with E-state index < -0.39 is 17.7 Å². The minimum Gasteiger partial charge on any atom is -0.492 e. The quantitative estimate of drug-likeness (QED) is 0.774. The van der Waals surface area contributed by atoms with Gasteiger partial charge in [-0.1, -0.05) is 0 Å². The van der Waals surface area contributed by atoms with Crippen LogP contribution in [0.5, 0.6) is 5.75 Å². The van der Waals surface area contributed by atoms with Gasteiger partial charge >= 0.3 is 0 Å². The number of hydrogen-bond donors (Lipinski definition) is 2. The number of nitrogens with two attached hydrogens (primary N) is 1. The molecule has 1 unspecified atom stereocenters. The number of nitrogens with one attached hydrogen (secondary N) is 1. The molecule has 0 spiro atoms. The SMILES string of the molecule is NC(C(=O)NCCOc1ccc(F)c(F)c1)C1CCOCC1. The highest BCUT2D eigenvalue weighted by atomic mass is 19.2. The Morgan fingerprint density at radius 1 is 1.36 bits per heavy atom. The fourth-order valence-electron chi connectivity index (χ4n) is 2.32. The maximum absolute atomic E-state index is 13.0. The Labute approximate surface area is 127 Å². The number of rotatable bonds is 6. The van der Waals surface area contributed by atoms with Crippen molar-refractivity contribution in [2.75, 3.05) is 26.4 Å². The highest BCUT2D eigenvalue weighted by Gasteiger charge is 2.26. The van der Waals surface area contributed by atoms with Crippen molar-refractivity contribution in [3.05, 3.63) is 29.8 Å². The third-order valence-electron chi connectivity index (χ3n) is 3.64. The van der Waals surface area contributed by atoms with Crippen molar-refractivity contribution >= 4 is 5.91 Å². The minimum absolute atomic E-state index is 0.126. The van der Waals surface area contributed by atoms with Crippen LogP contribution in [0, 0.1) is 17.6 Å². The van der Waals surface area contributed by atoms with Gasteiger partial charge in [-0.25, -0.2) is 8.78 Å². The van der Waals surface area contributed by atoms with Crippen molar-refractivity contribution in [1.82, 2.24) is 5.32 Å². The average Bonchev–Trinajstić information content (AvgIpc) is 2.54. The summed E-state index contributed by atoms with van der Waals surface area (Å²) in [6.07, 6.45) is 1.56. The van der Waals surface area contributed by atoms with Gasteiger partial charge in [-0.3, -0.25) is 4.79 Å². The molecule has 1 fully saturated rings. The van der Waals surface area contributed by atoms with E-state index >= 15 is 0 Å². The van der Waals surface area contributed by atoms with Gasteiger partial charge in [0.15, 0.2) is 11.6 Å². The van der Waals surface area contributed by atoms with Gasteiger partial charge in [0, 0.05) is 19.3 Å². The lowest BCUT2D eigenvalue weighted by Crippen LogP contribution is -2.47. The summed E-state index contributed by atoms with van der Waals surface area (Å²) in [7, 11) is 0. The summed E-state index contributed by atoms with van der Waals surface area (Å²) >= 11 is 0. The minimum atomic E-state index is -0.969. The van der Waals surface area contributed by atoms with Crippen LogP contribution in [0.2, 0.25) is 0 Å². The van der Waals surface area contributed by atoms with Crippen LogP contribution >= 0.6 is 0 Å². The van der Waals surface area contributed by atoms with Crippen LogP contribution in [-0.2, 0) is 9.53 Å². The third-order valence-corrected chi connectivity index (χ3v) is 3.64. The Bertz CT molecular complexity index is 508. The van der Waals surface area contributed by atoms with E-state index in [0.717, 1.165) is 25.0 Å². The number of carbonyl (C=O) groups excluding carboxylic acids is 1. The second-order valence-electron chi connectivity index (χ2n) is 5.19. The van der Waals surface area contributed by atoms with E-state index in [9.17, 15) is 13.6 Å². The van der Waals surface area contributed by atoms with Crippen molar-refractivity contribution in [2.45, 2.75) is 18.9 Å². The monoisotopic (exact) mass is 314 g/mol. The summed E-state index contributed by atoms with van der Waals surface area (Å²) in [5.41, 5.74) is 5.92. The molecule has 1 amide bonds. The average molecular weight is 314 g/mol. The predicted octanol–water partition coefficient (Wildman–Crippen LogP) is 1.21. The van der Waals surface area contributed by atoms with Gasteiger partial charge in [0.2, 0.25) is 5.91 Å². The molecule has 1 aromatic rings. The molecule has 0 saturated carbocycles. The first-order valence-corrected chi connectivity index (χ1v) is 7.27. The molecule has 0 radical (unpaired) electrons. The second-order valence-corrected chi connectivity index (χ2v) is 5.19. The molecule has 1 saturated heterocycles. The van der Waals surface area contributed by atoms with Gasteiger partial charge in [0.25, 0.3) is 0 Å². The predicted molar refractivity (Wildman–Crippen MR) is 76.4 cm³/mol. The number of ether oxygens (including phenoxy) is 2. The van der Waals surface area contributed by atoms with Crippen molar-refractivity contribution in [3.63, 3.8) is 0 Å². The molecule has 5 nitrogen and oxygen atoms in total. The molecule has 7 heteroatoms. The Kier molecular flexibility index (Phi) is 6.09. The van der Waals surface area contributed by atoms with Crippen LogP contribution in [0.4, 0.5) is 8.78 Å². The first-order chi connectivity index (χ1) is 10.6. The van der Waals surface area contributed by atoms with Crippen LogP contribution in [0.3, 0.4) is 0 Å². The largest absolute Gasteiger partial charge is 0.492 e. The maximum Gasteiger partial charge on any atom is 0.237 e. The summed E-state index contributed by atoms with van der Waals surface area (Å²) in [5.74, 6) is -1.80. The van der Waals surface area contributed by atoms with E-state index in [1.807, 2.05) is 0 Å². The molecular weight excluding hydrogens is 294 g/mol. The molecule has 1 aliphatic rings. The number of hydrogen-bond acceptors (Lipinski definition) is 4. The highest BCUT2D eigenvalue weighted by molar-refractivity contribution is 5.81. The van der Waals surface area contributed by atoms with Crippen LogP contribution in [0.1, 0.15) is 12.8 Å². The molecule has 0 bridgehead atoms. The number of benzene rings is 1. The molecule has 22 heavy (non-hydrogen) atoms. The van der Waals surface area contributed by atoms with E-state index in [1.54, 1.807) is 0 Å². The van der Waals surface area contributed by atoms with Gasteiger partial charge in [-0.2, -0.15) is 0 Å². The fraction of sp³-hybridized carbons (Fsp3) is 0.533. The van der Waals surface area contributed by atoms with Gasteiger partial charge < -0.3 is 20.5 Å². The van der Waals surface area contributed by atoms with Crippen LogP contribution in [-0.4, -0.2) is 38.3 Å². The van der Waals surface area contributed by atoms with Crippen LogP contribution in [0.25, 0.3) is 0 Å². The molecule has 1 atom stereocenters. The zero-order valence-corrected chi connectivity index (χ0v) is 12.2. The Morgan fingerprint density at radius 2 is 2.09 bits per heavy atom. The molecular formula is C15H20F2N2O3. The molecule has 1 aromatic carbocycles. The molecule has 1 heterocycles. The van der Waals surface area contributed by atoms with E-state index in [4.69, 9.17) is 15.2 Å². The smallest absolute Gasteiger partial charge is 0.237 e. The van der Waals surface area contributed by atoms with Gasteiger partial charge in [-0.15, -0.1) is 0 Å². The van der Waals surface area contributed by atoms with Crippen molar-refractivity contribution in [2.24, 2.45) is 11.7 Å². The van der Waals surface area contributed by atoms with Gasteiger partial charge in [0.05, 0.1) is 12.6 Å². The molecule has 1 aliphatic heterocycles. The molecule has 0 aliphatic carbocycles. The normalized spacial score (nSPS) is 17.0. The first kappa shape index (κ1) is 16.6. The number of carbonyl (C=O) groups is 1. The van der Waals surface area contributed by atoms with E-state index in [-0.39, 0.29) is 30.7 Å². The van der Waals surface area contributed by atoms with E-state index in [0.29, 0.717) is 13.2 Å². The fourth-order valence-corrected chi connectivity index (χ4v) is 2.32. The second kappa shape index (κ2) is 8.05. The van der Waals surface area contributed by atoms with E-state index in [2.05, 4.69) is 5.32 Å². The Morgan fingerprint density at radius 3 is 2.77 bits per heavy atom. The summed E-state index contributed by atoms with van der Waals surface area (Å²) in [5, 5.41) is 2.68. The zero-order valence-electron chi connectivity index (χ0n) is 12.2. The lowest BCUT2D eigenvalue weighted by Gasteiger charge is -2.26. The molecule has 0 aromatic heterocycles. The lowest BCUT2D eigenvalue weighted by atomic mass is 9.92. The standard InChI is InChI=1S/C15H20F2N2O3/c16-12-2-1-11(9-13(12)17)22-8-5-19-15(20)14(18)10-3-6-21-7-4-10/h1-2,9-10,14H,3-8,18H2,(H,19,20). The van der Waals surface area contributed by atoms with Crippen molar-refractivity contribution < 1.29 is 23.0 Å². The highest BCUT2D eigenvalue weighted by Crippen LogP contribution is 2.17. The zero-order chi connectivity index (χ0) is 15.9. The van der Waals surface area contributed by atoms with Crippen molar-refractivity contribution in [3.8, 4) is 5.75 Å². The number of amides is 1. The first-order valence-electron chi connectivity index (χ1n) is 7.27. The molecule has 2 rings (SSSR count). The maximum atomic E-state index is 13.0. The summed E-state index contributed by atoms with van der Waals surface area (Å²) in [6, 6.07) is 2.72.